The molecule has 0 aliphatic carbocycles. The first-order valence-electron chi connectivity index (χ1n) is 5.95. The van der Waals surface area contributed by atoms with E-state index in [1.54, 1.807) is 0 Å². The van der Waals surface area contributed by atoms with Crippen LogP contribution in [0.5, 0.6) is 0 Å². The monoisotopic (exact) mass is 266 g/mol. The van der Waals surface area contributed by atoms with Crippen LogP contribution in [0, 0.1) is 11.7 Å². The Morgan fingerprint density at radius 3 is 2.89 bits per heavy atom. The predicted octanol–water partition coefficient (Wildman–Crippen LogP) is 1.04. The highest BCUT2D eigenvalue weighted by atomic mass is 19.1. The molecule has 1 aliphatic heterocycles. The van der Waals surface area contributed by atoms with Gasteiger partial charge < -0.3 is 15.4 Å². The van der Waals surface area contributed by atoms with Crippen molar-refractivity contribution in [1.82, 2.24) is 4.90 Å². The predicted molar refractivity (Wildman–Crippen MR) is 66.8 cm³/mol. The molecular formula is C13H15FN2O3. The van der Waals surface area contributed by atoms with Crippen LogP contribution >= 0.6 is 0 Å². The molecule has 1 aromatic carbocycles. The summed E-state index contributed by atoms with van der Waals surface area (Å²) in [6.07, 6.45) is 0.530. The zero-order chi connectivity index (χ0) is 14.0. The number of rotatable bonds is 2. The third-order valence-electron chi connectivity index (χ3n) is 3.23. The molecule has 5 nitrogen and oxygen atoms in total. The minimum absolute atomic E-state index is 0.0643. The number of ether oxygens (including phenoxy) is 1. The average Bonchev–Trinajstić information content (AvgIpc) is 2.89. The number of nitrogens with zero attached hydrogens (tertiary/aromatic N) is 1. The maximum absolute atomic E-state index is 13.6. The molecule has 102 valence electrons. The number of hydrogen-bond donors (Lipinski definition) is 1. The Hall–Kier alpha value is -2.11. The van der Waals surface area contributed by atoms with E-state index < -0.39 is 11.7 Å². The van der Waals surface area contributed by atoms with Gasteiger partial charge in [0.05, 0.1) is 18.6 Å². The van der Waals surface area contributed by atoms with Crippen molar-refractivity contribution in [3.05, 3.63) is 29.6 Å². The first-order valence-corrected chi connectivity index (χ1v) is 5.95. The summed E-state index contributed by atoms with van der Waals surface area (Å²) < 4.78 is 18.2. The second-order valence-corrected chi connectivity index (χ2v) is 4.50. The summed E-state index contributed by atoms with van der Waals surface area (Å²) in [7, 11) is 1.31. The summed E-state index contributed by atoms with van der Waals surface area (Å²) >= 11 is 0. The first-order chi connectivity index (χ1) is 9.02. The molecule has 0 bridgehead atoms. The lowest BCUT2D eigenvalue weighted by atomic mass is 10.1. The Balaban J connectivity index is 2.13. The third kappa shape index (κ3) is 2.67. The first kappa shape index (κ1) is 13.3. The van der Waals surface area contributed by atoms with Crippen LogP contribution in [0.1, 0.15) is 16.8 Å². The van der Waals surface area contributed by atoms with Crippen LogP contribution in [0.4, 0.5) is 10.1 Å². The minimum atomic E-state index is -0.610. The molecule has 2 rings (SSSR count). The molecule has 1 atom stereocenters. The van der Waals surface area contributed by atoms with Gasteiger partial charge in [-0.15, -0.1) is 0 Å². The number of carbonyl (C=O) groups excluding carboxylic acids is 2. The van der Waals surface area contributed by atoms with E-state index in [0.717, 1.165) is 6.07 Å². The van der Waals surface area contributed by atoms with Crippen LogP contribution in [0.3, 0.4) is 0 Å². The molecule has 2 N–H and O–H groups in total. The fraction of sp³-hybridized carbons (Fsp3) is 0.385. The molecule has 1 saturated heterocycles. The summed E-state index contributed by atoms with van der Waals surface area (Å²) in [6.45, 7) is 0.659. The summed E-state index contributed by atoms with van der Waals surface area (Å²) in [5.41, 5.74) is 5.81. The van der Waals surface area contributed by atoms with Gasteiger partial charge in [0, 0.05) is 18.8 Å². The zero-order valence-electron chi connectivity index (χ0n) is 10.6. The van der Waals surface area contributed by atoms with Gasteiger partial charge in [0.15, 0.2) is 0 Å². The van der Waals surface area contributed by atoms with Crippen molar-refractivity contribution in [3.8, 4) is 0 Å². The van der Waals surface area contributed by atoms with E-state index in [1.807, 2.05) is 0 Å². The van der Waals surface area contributed by atoms with Crippen molar-refractivity contribution in [2.45, 2.75) is 6.42 Å². The number of nitrogen functional groups attached to an aromatic ring is 1. The van der Waals surface area contributed by atoms with Crippen molar-refractivity contribution < 1.29 is 18.7 Å². The van der Waals surface area contributed by atoms with Gasteiger partial charge in [-0.3, -0.25) is 9.59 Å². The minimum Gasteiger partial charge on any atom is -0.469 e. The van der Waals surface area contributed by atoms with E-state index in [2.05, 4.69) is 4.74 Å². The number of carbonyl (C=O) groups is 2. The molecule has 1 aliphatic rings. The quantitative estimate of drug-likeness (QED) is 0.641. The summed E-state index contributed by atoms with van der Waals surface area (Å²) in [5, 5.41) is 0. The highest BCUT2D eigenvalue weighted by Crippen LogP contribution is 2.21. The number of amides is 1. The lowest BCUT2D eigenvalue weighted by Gasteiger charge is -2.16. The van der Waals surface area contributed by atoms with E-state index in [1.165, 1.54) is 24.1 Å². The molecule has 1 heterocycles. The molecule has 1 aromatic rings. The number of hydrogen-bond acceptors (Lipinski definition) is 4. The molecular weight excluding hydrogens is 251 g/mol. The number of anilines is 1. The summed E-state index contributed by atoms with van der Waals surface area (Å²) in [5.74, 6) is -1.74. The number of likely N-dealkylation sites (tertiary alicyclic amines) is 1. The molecule has 1 unspecified atom stereocenters. The molecule has 19 heavy (non-hydrogen) atoms. The Kier molecular flexibility index (Phi) is 3.69. The molecule has 0 spiro atoms. The molecule has 0 aromatic heterocycles. The topological polar surface area (TPSA) is 72.6 Å². The SMILES string of the molecule is COC(=O)C1CCN(C(=O)c2cc(N)ccc2F)C1. The number of methoxy groups -OCH3 is 1. The zero-order valence-corrected chi connectivity index (χ0v) is 10.6. The molecule has 6 heteroatoms. The van der Waals surface area contributed by atoms with Gasteiger partial charge in [0.2, 0.25) is 0 Å². The van der Waals surface area contributed by atoms with Gasteiger partial charge in [-0.1, -0.05) is 0 Å². The summed E-state index contributed by atoms with van der Waals surface area (Å²) in [4.78, 5) is 25.0. The molecule has 0 saturated carbocycles. The largest absolute Gasteiger partial charge is 0.469 e. The van der Waals surface area contributed by atoms with Crippen LogP contribution < -0.4 is 5.73 Å². The van der Waals surface area contributed by atoms with E-state index in [4.69, 9.17) is 5.73 Å². The standard InChI is InChI=1S/C13H15FN2O3/c1-19-13(18)8-4-5-16(7-8)12(17)10-6-9(15)2-3-11(10)14/h2-3,6,8H,4-5,7,15H2,1H3. The summed E-state index contributed by atoms with van der Waals surface area (Å²) in [6, 6.07) is 3.87. The number of benzene rings is 1. The van der Waals surface area contributed by atoms with Crippen molar-refractivity contribution in [3.63, 3.8) is 0 Å². The van der Waals surface area contributed by atoms with Crippen LogP contribution in [0.25, 0.3) is 0 Å². The van der Waals surface area contributed by atoms with Gasteiger partial charge in [0.1, 0.15) is 5.82 Å². The van der Waals surface area contributed by atoms with Crippen molar-refractivity contribution in [2.75, 3.05) is 25.9 Å². The Bertz CT molecular complexity index is 519. The smallest absolute Gasteiger partial charge is 0.310 e. The van der Waals surface area contributed by atoms with Gasteiger partial charge >= 0.3 is 5.97 Å². The second-order valence-electron chi connectivity index (χ2n) is 4.50. The Morgan fingerprint density at radius 1 is 1.47 bits per heavy atom. The van der Waals surface area contributed by atoms with E-state index in [0.29, 0.717) is 18.7 Å². The van der Waals surface area contributed by atoms with Crippen LogP contribution in [-0.4, -0.2) is 37.0 Å². The van der Waals surface area contributed by atoms with Gasteiger partial charge in [-0.25, -0.2) is 4.39 Å². The van der Waals surface area contributed by atoms with Crippen LogP contribution in [0.2, 0.25) is 0 Å². The lowest BCUT2D eigenvalue weighted by Crippen LogP contribution is -2.30. The van der Waals surface area contributed by atoms with Crippen molar-refractivity contribution in [2.24, 2.45) is 5.92 Å². The fourth-order valence-corrected chi connectivity index (χ4v) is 2.18. The average molecular weight is 266 g/mol. The van der Waals surface area contributed by atoms with Crippen LogP contribution in [-0.2, 0) is 9.53 Å². The maximum Gasteiger partial charge on any atom is 0.310 e. The molecule has 0 radical (unpaired) electrons. The fourth-order valence-electron chi connectivity index (χ4n) is 2.18. The third-order valence-corrected chi connectivity index (χ3v) is 3.23. The van der Waals surface area contributed by atoms with E-state index in [-0.39, 0.29) is 24.0 Å². The highest BCUT2D eigenvalue weighted by Gasteiger charge is 2.32. The lowest BCUT2D eigenvalue weighted by molar-refractivity contribution is -0.144. The molecule has 1 fully saturated rings. The second kappa shape index (κ2) is 5.26. The van der Waals surface area contributed by atoms with Crippen molar-refractivity contribution >= 4 is 17.6 Å². The maximum atomic E-state index is 13.6. The van der Waals surface area contributed by atoms with Gasteiger partial charge in [-0.2, -0.15) is 0 Å². The Labute approximate surface area is 110 Å². The van der Waals surface area contributed by atoms with Crippen LogP contribution in [0.15, 0.2) is 18.2 Å². The molecule has 1 amide bonds. The Morgan fingerprint density at radius 2 is 2.21 bits per heavy atom. The van der Waals surface area contributed by atoms with Gasteiger partial charge in [0.25, 0.3) is 5.91 Å². The van der Waals surface area contributed by atoms with E-state index in [9.17, 15) is 14.0 Å². The van der Waals surface area contributed by atoms with Gasteiger partial charge in [-0.05, 0) is 24.6 Å². The number of esters is 1. The number of halogens is 1. The van der Waals surface area contributed by atoms with E-state index >= 15 is 0 Å². The number of nitrogens with two attached hydrogens (primary N) is 1. The van der Waals surface area contributed by atoms with Crippen molar-refractivity contribution in [1.29, 1.82) is 0 Å². The highest BCUT2D eigenvalue weighted by molar-refractivity contribution is 5.96. The normalized spacial score (nSPS) is 18.4.